The van der Waals surface area contributed by atoms with E-state index in [4.69, 9.17) is 5.73 Å². The van der Waals surface area contributed by atoms with Crippen LogP contribution >= 0.6 is 37.2 Å². The van der Waals surface area contributed by atoms with Crippen LogP contribution in [0.4, 0.5) is 5.82 Å². The zero-order chi connectivity index (χ0) is 20.6. The van der Waals surface area contributed by atoms with Gasteiger partial charge in [-0.2, -0.15) is 0 Å². The summed E-state index contributed by atoms with van der Waals surface area (Å²) in [5.74, 6) is 1.15. The third kappa shape index (κ3) is 9.15. The number of anilines is 1. The van der Waals surface area contributed by atoms with Crippen LogP contribution in [0.5, 0.6) is 0 Å². The molecule has 1 aromatic heterocycles. The van der Waals surface area contributed by atoms with Crippen LogP contribution in [0.3, 0.4) is 0 Å². The number of nitrogens with zero attached hydrogens (tertiary/aromatic N) is 2. The molecule has 0 amide bonds. The molecular weight excluding hydrogens is 475 g/mol. The molecule has 2 heterocycles. The van der Waals surface area contributed by atoms with Gasteiger partial charge in [-0.25, -0.2) is 4.98 Å². The molecule has 1 aliphatic rings. The molecule has 0 radical (unpaired) electrons. The van der Waals surface area contributed by atoms with E-state index in [1.54, 1.807) is 0 Å². The highest BCUT2D eigenvalue weighted by atomic mass is 35.5. The van der Waals surface area contributed by atoms with Gasteiger partial charge in [0.15, 0.2) is 0 Å². The molecule has 3 N–H and O–H groups in total. The van der Waals surface area contributed by atoms with Gasteiger partial charge in [0.25, 0.3) is 0 Å². The lowest BCUT2D eigenvalue weighted by Crippen LogP contribution is -2.38. The van der Waals surface area contributed by atoms with Crippen LogP contribution in [0, 0.1) is 5.92 Å². The Balaban J connectivity index is 0.00000181. The first-order valence-electron chi connectivity index (χ1n) is 11.0. The van der Waals surface area contributed by atoms with Crippen molar-refractivity contribution in [2.75, 3.05) is 25.4 Å². The SMILES string of the molecule is Cl.Cl.Cl.Nc1cccc(C[C@H]2CN(Cc3ccccc3)C[C@H]2NCCCc2ccccc2)n1. The number of hydrogen-bond donors (Lipinski definition) is 2. The van der Waals surface area contributed by atoms with Crippen molar-refractivity contribution >= 4 is 43.0 Å². The van der Waals surface area contributed by atoms with E-state index in [1.165, 1.54) is 11.1 Å². The predicted molar refractivity (Wildman–Crippen MR) is 146 cm³/mol. The molecule has 1 saturated heterocycles. The summed E-state index contributed by atoms with van der Waals surface area (Å²) in [5, 5.41) is 3.85. The van der Waals surface area contributed by atoms with E-state index in [0.717, 1.165) is 51.1 Å². The minimum atomic E-state index is 0. The Kier molecular flexibility index (Phi) is 13.4. The second-order valence-electron chi connectivity index (χ2n) is 8.35. The van der Waals surface area contributed by atoms with Gasteiger partial charge in [-0.1, -0.05) is 66.7 Å². The van der Waals surface area contributed by atoms with E-state index in [0.29, 0.717) is 17.8 Å². The number of nitrogens with two attached hydrogens (primary N) is 1. The smallest absolute Gasteiger partial charge is 0.123 e. The summed E-state index contributed by atoms with van der Waals surface area (Å²) in [6.45, 7) is 4.21. The number of rotatable bonds is 9. The Hall–Kier alpha value is -1.82. The minimum absolute atomic E-state index is 0. The first kappa shape index (κ1) is 29.2. The summed E-state index contributed by atoms with van der Waals surface area (Å²) < 4.78 is 0. The van der Waals surface area contributed by atoms with Gasteiger partial charge >= 0.3 is 0 Å². The van der Waals surface area contributed by atoms with Crippen molar-refractivity contribution in [2.24, 2.45) is 5.92 Å². The Morgan fingerprint density at radius 3 is 2.15 bits per heavy atom. The molecular formula is C26H35Cl3N4. The standard InChI is InChI=1S/C26H32N4.3ClH/c27-26-15-7-14-24(29-26)17-23-19-30(18-22-11-5-2-6-12-22)20-25(23)28-16-8-13-21-9-3-1-4-10-21;;;/h1-7,9-12,14-15,23,25,28H,8,13,16-20H2,(H2,27,29);3*1H/t23-,25+;;;/m0.../s1. The zero-order valence-corrected chi connectivity index (χ0v) is 21.3. The average molecular weight is 510 g/mol. The molecule has 1 aliphatic heterocycles. The average Bonchev–Trinajstić information content (AvgIpc) is 3.13. The van der Waals surface area contributed by atoms with Crippen LogP contribution < -0.4 is 11.1 Å². The van der Waals surface area contributed by atoms with Gasteiger partial charge in [-0.15, -0.1) is 37.2 Å². The molecule has 0 spiro atoms. The summed E-state index contributed by atoms with van der Waals surface area (Å²) in [6, 6.07) is 28.0. The molecule has 2 aromatic carbocycles. The Morgan fingerprint density at radius 1 is 0.818 bits per heavy atom. The van der Waals surface area contributed by atoms with E-state index >= 15 is 0 Å². The van der Waals surface area contributed by atoms with Crippen LogP contribution in [0.25, 0.3) is 0 Å². The normalized spacial score (nSPS) is 17.5. The van der Waals surface area contributed by atoms with Crippen LogP contribution in [-0.4, -0.2) is 35.6 Å². The highest BCUT2D eigenvalue weighted by Gasteiger charge is 2.32. The lowest BCUT2D eigenvalue weighted by molar-refractivity contribution is 0.314. The summed E-state index contributed by atoms with van der Waals surface area (Å²) in [4.78, 5) is 7.12. The van der Waals surface area contributed by atoms with Crippen molar-refractivity contribution < 1.29 is 0 Å². The van der Waals surface area contributed by atoms with E-state index in [2.05, 4.69) is 81.9 Å². The zero-order valence-electron chi connectivity index (χ0n) is 18.8. The van der Waals surface area contributed by atoms with Crippen LogP contribution in [0.15, 0.2) is 78.9 Å². The van der Waals surface area contributed by atoms with Crippen molar-refractivity contribution in [1.82, 2.24) is 15.2 Å². The van der Waals surface area contributed by atoms with Gasteiger partial charge in [0, 0.05) is 31.4 Å². The number of nitrogen functional groups attached to an aromatic ring is 1. The van der Waals surface area contributed by atoms with Gasteiger partial charge < -0.3 is 11.1 Å². The fourth-order valence-corrected chi connectivity index (χ4v) is 4.47. The van der Waals surface area contributed by atoms with E-state index in [-0.39, 0.29) is 37.2 Å². The molecule has 0 aliphatic carbocycles. The van der Waals surface area contributed by atoms with E-state index < -0.39 is 0 Å². The Bertz CT molecular complexity index is 912. The van der Waals surface area contributed by atoms with Gasteiger partial charge in [0.2, 0.25) is 0 Å². The van der Waals surface area contributed by atoms with Crippen molar-refractivity contribution in [3.05, 3.63) is 95.7 Å². The Labute approximate surface area is 216 Å². The number of nitrogens with one attached hydrogen (secondary N) is 1. The number of aromatic nitrogens is 1. The molecule has 0 unspecified atom stereocenters. The number of pyridine rings is 1. The Morgan fingerprint density at radius 2 is 1.48 bits per heavy atom. The first-order valence-corrected chi connectivity index (χ1v) is 11.0. The van der Waals surface area contributed by atoms with Gasteiger partial charge in [0.05, 0.1) is 0 Å². The summed E-state index contributed by atoms with van der Waals surface area (Å²) >= 11 is 0. The third-order valence-electron chi connectivity index (χ3n) is 5.96. The van der Waals surface area contributed by atoms with E-state index in [1.807, 2.05) is 12.1 Å². The highest BCUT2D eigenvalue weighted by molar-refractivity contribution is 5.86. The lowest BCUT2D eigenvalue weighted by Gasteiger charge is -2.20. The predicted octanol–water partition coefficient (Wildman–Crippen LogP) is 5.19. The largest absolute Gasteiger partial charge is 0.384 e. The van der Waals surface area contributed by atoms with Crippen molar-refractivity contribution in [3.63, 3.8) is 0 Å². The molecule has 4 rings (SSSR count). The second kappa shape index (κ2) is 15.2. The molecule has 7 heteroatoms. The number of aryl methyl sites for hydroxylation is 1. The van der Waals surface area contributed by atoms with Gasteiger partial charge in [0.1, 0.15) is 5.82 Å². The fraction of sp³-hybridized carbons (Fsp3) is 0.346. The topological polar surface area (TPSA) is 54.2 Å². The maximum atomic E-state index is 5.91. The van der Waals surface area contributed by atoms with Crippen molar-refractivity contribution in [1.29, 1.82) is 0 Å². The molecule has 3 aromatic rings. The fourth-order valence-electron chi connectivity index (χ4n) is 4.47. The number of likely N-dealkylation sites (tertiary alicyclic amines) is 1. The number of hydrogen-bond acceptors (Lipinski definition) is 4. The summed E-state index contributed by atoms with van der Waals surface area (Å²) in [5.41, 5.74) is 9.80. The second-order valence-corrected chi connectivity index (χ2v) is 8.35. The molecule has 0 saturated carbocycles. The van der Waals surface area contributed by atoms with Crippen LogP contribution in [0.1, 0.15) is 23.2 Å². The maximum absolute atomic E-state index is 5.91. The number of halogens is 3. The van der Waals surface area contributed by atoms with E-state index in [9.17, 15) is 0 Å². The monoisotopic (exact) mass is 508 g/mol. The van der Waals surface area contributed by atoms with Crippen molar-refractivity contribution in [3.8, 4) is 0 Å². The molecule has 0 bridgehead atoms. The molecule has 33 heavy (non-hydrogen) atoms. The highest BCUT2D eigenvalue weighted by Crippen LogP contribution is 2.23. The number of benzene rings is 2. The third-order valence-corrected chi connectivity index (χ3v) is 5.96. The maximum Gasteiger partial charge on any atom is 0.123 e. The quantitative estimate of drug-likeness (QED) is 0.390. The minimum Gasteiger partial charge on any atom is -0.384 e. The van der Waals surface area contributed by atoms with Gasteiger partial charge in [-0.05, 0) is 55.0 Å². The lowest BCUT2D eigenvalue weighted by atomic mass is 9.97. The van der Waals surface area contributed by atoms with Crippen LogP contribution in [-0.2, 0) is 19.4 Å². The van der Waals surface area contributed by atoms with Crippen LogP contribution in [0.2, 0.25) is 0 Å². The molecule has 180 valence electrons. The summed E-state index contributed by atoms with van der Waals surface area (Å²) in [7, 11) is 0. The van der Waals surface area contributed by atoms with Crippen molar-refractivity contribution in [2.45, 2.75) is 31.8 Å². The molecule has 4 nitrogen and oxygen atoms in total. The van der Waals surface area contributed by atoms with Gasteiger partial charge in [-0.3, -0.25) is 4.90 Å². The molecule has 1 fully saturated rings. The first-order chi connectivity index (χ1) is 14.8. The summed E-state index contributed by atoms with van der Waals surface area (Å²) in [6.07, 6.45) is 3.24. The molecule has 2 atom stereocenters.